The molecule has 2 heterocycles. The van der Waals surface area contributed by atoms with E-state index in [-0.39, 0.29) is 10.1 Å². The minimum Gasteiger partial charge on any atom is -0.261 e. The Morgan fingerprint density at radius 1 is 1.03 bits per heavy atom. The normalized spacial score (nSPS) is 17.1. The molecular formula is C22H41BrN4O2S4Si2. The number of hydrogen-bond acceptors (Lipinski definition) is 6. The fourth-order valence-electron chi connectivity index (χ4n) is 2.57. The second-order valence-electron chi connectivity index (χ2n) is 12.1. The van der Waals surface area contributed by atoms with Gasteiger partial charge in [0.1, 0.15) is 42.2 Å². The molecule has 0 aliphatic heterocycles. The third-order valence-corrected chi connectivity index (χ3v) is 27.1. The van der Waals surface area contributed by atoms with E-state index in [1.165, 1.54) is 22.7 Å². The summed E-state index contributed by atoms with van der Waals surface area (Å²) in [7, 11) is -10.6. The SMILES string of the molecule is Cc1csc(S(=O)(=Nc2cc(S(N)(=O)=N[Si](C)(C)C(C)(C)C)sc2Br)N[Si](C)(C)C(C)(C)C)c1C. The van der Waals surface area contributed by atoms with Gasteiger partial charge in [-0.2, -0.15) is 4.36 Å². The molecule has 0 aliphatic rings. The van der Waals surface area contributed by atoms with Gasteiger partial charge in [-0.3, -0.25) is 4.03 Å². The van der Waals surface area contributed by atoms with Crippen molar-refractivity contribution in [3.8, 4) is 0 Å². The first-order valence-corrected chi connectivity index (χ1v) is 22.9. The summed E-state index contributed by atoms with van der Waals surface area (Å²) >= 11 is 6.29. The van der Waals surface area contributed by atoms with E-state index in [2.05, 4.69) is 88.0 Å². The molecule has 0 aliphatic carbocycles. The maximum Gasteiger partial charge on any atom is 0.195 e. The molecule has 0 fully saturated rings. The van der Waals surface area contributed by atoms with Crippen LogP contribution in [0.2, 0.25) is 36.3 Å². The number of rotatable bonds is 6. The van der Waals surface area contributed by atoms with Crippen molar-refractivity contribution in [3.05, 3.63) is 26.4 Å². The number of halogens is 1. The van der Waals surface area contributed by atoms with Crippen molar-refractivity contribution in [1.29, 1.82) is 0 Å². The molecule has 13 heteroatoms. The van der Waals surface area contributed by atoms with Gasteiger partial charge in [0.05, 0.1) is 3.79 Å². The highest BCUT2D eigenvalue weighted by Gasteiger charge is 2.40. The molecule has 6 nitrogen and oxygen atoms in total. The van der Waals surface area contributed by atoms with Crippen LogP contribution >= 0.6 is 38.6 Å². The summed E-state index contributed by atoms with van der Waals surface area (Å²) in [4.78, 5) is 0. The van der Waals surface area contributed by atoms with Crippen LogP contribution in [0.15, 0.2) is 32.0 Å². The lowest BCUT2D eigenvalue weighted by Crippen LogP contribution is -2.54. The van der Waals surface area contributed by atoms with Crippen LogP contribution in [0.25, 0.3) is 0 Å². The Hall–Kier alpha value is 0.134. The maximum absolute atomic E-state index is 14.7. The largest absolute Gasteiger partial charge is 0.261 e. The highest BCUT2D eigenvalue weighted by atomic mass is 79.9. The van der Waals surface area contributed by atoms with Gasteiger partial charge in [-0.1, -0.05) is 54.6 Å². The van der Waals surface area contributed by atoms with E-state index in [1.54, 1.807) is 6.07 Å². The third kappa shape index (κ3) is 6.77. The molecular weight excluding hydrogens is 617 g/mol. The second kappa shape index (κ2) is 10.0. The van der Waals surface area contributed by atoms with Crippen LogP contribution in [0.3, 0.4) is 0 Å². The topological polar surface area (TPSA) is 96.9 Å². The Labute approximate surface area is 231 Å². The highest BCUT2D eigenvalue weighted by molar-refractivity contribution is 9.11. The molecule has 0 saturated heterocycles. The number of nitrogens with zero attached hydrogens (tertiary/aromatic N) is 2. The molecule has 3 N–H and O–H groups in total. The van der Waals surface area contributed by atoms with Crippen molar-refractivity contribution < 1.29 is 8.42 Å². The summed E-state index contributed by atoms with van der Waals surface area (Å²) in [6.45, 7) is 25.3. The van der Waals surface area contributed by atoms with Gasteiger partial charge in [-0.15, -0.1) is 22.7 Å². The summed E-state index contributed by atoms with van der Waals surface area (Å²) < 4.78 is 43.1. The first-order valence-electron chi connectivity index (χ1n) is 11.4. The molecule has 35 heavy (non-hydrogen) atoms. The number of hydrogen-bond donors (Lipinski definition) is 2. The first kappa shape index (κ1) is 31.4. The van der Waals surface area contributed by atoms with E-state index < -0.39 is 36.3 Å². The summed E-state index contributed by atoms with van der Waals surface area (Å²) in [6, 6.07) is 1.69. The van der Waals surface area contributed by atoms with Crippen molar-refractivity contribution in [2.75, 3.05) is 0 Å². The zero-order valence-corrected chi connectivity index (χ0v) is 29.8. The molecule has 2 rings (SSSR count). The molecule has 2 unspecified atom stereocenters. The quantitative estimate of drug-likeness (QED) is 0.305. The van der Waals surface area contributed by atoms with E-state index in [0.717, 1.165) is 15.3 Å². The average molecular weight is 658 g/mol. The standard InChI is InChI=1S/C22H41BrN4O2S4Si2/c1-15-14-30-20(16(15)2)33(29,27-35(11,12)22(6,7)8)25-17-13-18(31-19(17)23)32(24,28)26-34(9,10)21(3,4)5/h13-14H,1-12H3,(H2,24,26,28)(H,25,27,29). The Kier molecular flexibility index (Phi) is 8.98. The van der Waals surface area contributed by atoms with E-state index >= 15 is 0 Å². The van der Waals surface area contributed by atoms with Gasteiger partial charge in [0.25, 0.3) is 0 Å². The van der Waals surface area contributed by atoms with Gasteiger partial charge in [-0.25, -0.2) is 17.9 Å². The fraction of sp³-hybridized carbons (Fsp3) is 0.636. The van der Waals surface area contributed by atoms with Gasteiger partial charge in [0.2, 0.25) is 0 Å². The van der Waals surface area contributed by atoms with Crippen LogP contribution in [-0.2, 0) is 19.8 Å². The number of aryl methyl sites for hydroxylation is 1. The minimum absolute atomic E-state index is 0.0456. The lowest BCUT2D eigenvalue weighted by Gasteiger charge is -2.37. The van der Waals surface area contributed by atoms with Crippen LogP contribution in [0.1, 0.15) is 52.7 Å². The third-order valence-electron chi connectivity index (χ3n) is 7.12. The van der Waals surface area contributed by atoms with Crippen LogP contribution in [0, 0.1) is 13.8 Å². The lowest BCUT2D eigenvalue weighted by molar-refractivity contribution is 0.667. The molecule has 2 aromatic rings. The number of thiophene rings is 2. The molecule has 2 aromatic heterocycles. The zero-order valence-electron chi connectivity index (χ0n) is 23.0. The number of nitrogens with one attached hydrogen (secondary N) is 1. The minimum atomic E-state index is -3.12. The van der Waals surface area contributed by atoms with Crippen molar-refractivity contribution in [2.45, 2.75) is 100 Å². The Morgan fingerprint density at radius 2 is 1.57 bits per heavy atom. The average Bonchev–Trinajstić information content (AvgIpc) is 3.15. The molecule has 0 bridgehead atoms. The van der Waals surface area contributed by atoms with Crippen LogP contribution < -0.4 is 9.53 Å². The molecule has 0 radical (unpaired) electrons. The summed E-state index contributed by atoms with van der Waals surface area (Å²) in [5.74, 6) is 0. The van der Waals surface area contributed by atoms with Crippen LogP contribution in [0.4, 0.5) is 5.69 Å². The van der Waals surface area contributed by atoms with Crippen molar-refractivity contribution in [3.63, 3.8) is 0 Å². The van der Waals surface area contributed by atoms with E-state index in [0.29, 0.717) is 13.7 Å². The Balaban J connectivity index is 2.78. The van der Waals surface area contributed by atoms with Crippen LogP contribution in [-0.4, -0.2) is 24.9 Å². The monoisotopic (exact) mass is 656 g/mol. The summed E-state index contributed by atoms with van der Waals surface area (Å²) in [6.07, 6.45) is 0. The van der Waals surface area contributed by atoms with Crippen molar-refractivity contribution in [1.82, 2.24) is 4.39 Å². The molecule has 0 spiro atoms. The van der Waals surface area contributed by atoms with Gasteiger partial charge < -0.3 is 0 Å². The molecule has 200 valence electrons. The first-order chi connectivity index (χ1) is 15.4. The van der Waals surface area contributed by atoms with Gasteiger partial charge in [-0.05, 0) is 75.5 Å². The Morgan fingerprint density at radius 3 is 2.00 bits per heavy atom. The van der Waals surface area contributed by atoms with E-state index in [1.807, 2.05) is 19.2 Å². The molecule has 0 amide bonds. The van der Waals surface area contributed by atoms with Gasteiger partial charge >= 0.3 is 0 Å². The second-order valence-corrected chi connectivity index (χ2v) is 30.0. The summed E-state index contributed by atoms with van der Waals surface area (Å²) in [5, 5.41) is 8.21. The Bertz CT molecular complexity index is 1350. The predicted octanol–water partition coefficient (Wildman–Crippen LogP) is 8.56. The van der Waals surface area contributed by atoms with Gasteiger partial charge in [0.15, 0.2) is 8.24 Å². The van der Waals surface area contributed by atoms with E-state index in [4.69, 9.17) is 13.5 Å². The molecule has 2 atom stereocenters. The maximum atomic E-state index is 14.7. The zero-order chi connectivity index (χ0) is 27.4. The fourth-order valence-corrected chi connectivity index (χ4v) is 17.4. The van der Waals surface area contributed by atoms with E-state index in [9.17, 15) is 8.42 Å². The molecule has 0 saturated carbocycles. The highest BCUT2D eigenvalue weighted by Crippen LogP contribution is 2.43. The van der Waals surface area contributed by atoms with Crippen molar-refractivity contribution in [2.24, 2.45) is 13.5 Å². The smallest absolute Gasteiger partial charge is 0.195 e. The summed E-state index contributed by atoms with van der Waals surface area (Å²) in [5.41, 5.74) is 2.56. The predicted molar refractivity (Wildman–Crippen MR) is 165 cm³/mol. The van der Waals surface area contributed by atoms with Crippen molar-refractivity contribution >= 4 is 80.6 Å². The van der Waals surface area contributed by atoms with Crippen LogP contribution in [0.5, 0.6) is 0 Å². The lowest BCUT2D eigenvalue weighted by atomic mass is 10.2. The van der Waals surface area contributed by atoms with Gasteiger partial charge in [0, 0.05) is 0 Å². The number of nitrogens with two attached hydrogens (primary N) is 1. The molecule has 0 aromatic carbocycles.